The molecule has 0 saturated carbocycles. The summed E-state index contributed by atoms with van der Waals surface area (Å²) in [6, 6.07) is 2.05. The predicted molar refractivity (Wildman–Crippen MR) is 56.5 cm³/mol. The smallest absolute Gasteiger partial charge is 0.485 e. The lowest BCUT2D eigenvalue weighted by Gasteiger charge is -2.10. The van der Waals surface area contributed by atoms with Crippen molar-refractivity contribution in [3.8, 4) is 5.75 Å². The molecule has 1 aromatic rings. The number of hydrogen-bond acceptors (Lipinski definition) is 2. The maximum Gasteiger partial charge on any atom is 0.522 e. The molecule has 0 heterocycles. The Morgan fingerprint density at radius 1 is 1.06 bits per heavy atom. The van der Waals surface area contributed by atoms with Gasteiger partial charge < -0.3 is 4.74 Å². The molecule has 0 aliphatic carbocycles. The minimum atomic E-state index is -4.79. The Balaban J connectivity index is 2.57. The number of benzene rings is 1. The SMILES string of the molecule is Fc1cc(CBr)cc(F)c1OCCOC(F)(F)F. The molecule has 0 amide bonds. The zero-order valence-electron chi connectivity index (χ0n) is 8.86. The topological polar surface area (TPSA) is 18.5 Å². The molecule has 0 saturated heterocycles. The van der Waals surface area contributed by atoms with Crippen molar-refractivity contribution in [1.82, 2.24) is 0 Å². The van der Waals surface area contributed by atoms with E-state index in [4.69, 9.17) is 0 Å². The van der Waals surface area contributed by atoms with Crippen LogP contribution in [0, 0.1) is 11.6 Å². The molecule has 0 fully saturated rings. The monoisotopic (exact) mass is 334 g/mol. The van der Waals surface area contributed by atoms with Crippen LogP contribution in [-0.2, 0) is 10.1 Å². The molecule has 0 aromatic heterocycles. The minimum Gasteiger partial charge on any atom is -0.485 e. The van der Waals surface area contributed by atoms with Crippen LogP contribution < -0.4 is 4.74 Å². The number of ether oxygens (including phenoxy) is 2. The Morgan fingerprint density at radius 3 is 2.06 bits per heavy atom. The third-order valence-electron chi connectivity index (χ3n) is 1.81. The van der Waals surface area contributed by atoms with E-state index in [1.165, 1.54) is 0 Å². The van der Waals surface area contributed by atoms with Gasteiger partial charge in [-0.3, -0.25) is 4.74 Å². The molecule has 1 aromatic carbocycles. The summed E-state index contributed by atoms with van der Waals surface area (Å²) in [5.41, 5.74) is 0.351. The summed E-state index contributed by atoms with van der Waals surface area (Å²) in [7, 11) is 0. The van der Waals surface area contributed by atoms with Crippen LogP contribution in [0.1, 0.15) is 5.56 Å². The van der Waals surface area contributed by atoms with Crippen LogP contribution in [0.25, 0.3) is 0 Å². The largest absolute Gasteiger partial charge is 0.522 e. The van der Waals surface area contributed by atoms with Crippen molar-refractivity contribution in [2.45, 2.75) is 11.7 Å². The van der Waals surface area contributed by atoms with Crippen LogP contribution in [0.5, 0.6) is 5.75 Å². The Hall–Kier alpha value is -0.890. The van der Waals surface area contributed by atoms with Gasteiger partial charge in [0.15, 0.2) is 17.4 Å². The van der Waals surface area contributed by atoms with Gasteiger partial charge in [-0.05, 0) is 17.7 Å². The molecule has 0 radical (unpaired) electrons. The summed E-state index contributed by atoms with van der Waals surface area (Å²) in [6.45, 7) is -1.45. The van der Waals surface area contributed by atoms with E-state index in [0.717, 1.165) is 12.1 Å². The first-order valence-electron chi connectivity index (χ1n) is 4.71. The van der Waals surface area contributed by atoms with E-state index in [1.807, 2.05) is 0 Å². The number of alkyl halides is 4. The van der Waals surface area contributed by atoms with Crippen LogP contribution in [0.4, 0.5) is 22.0 Å². The fraction of sp³-hybridized carbons (Fsp3) is 0.400. The van der Waals surface area contributed by atoms with E-state index in [1.54, 1.807) is 0 Å². The molecular formula is C10H8BrF5O2. The highest BCUT2D eigenvalue weighted by Gasteiger charge is 2.28. The Kier molecular flexibility index (Phi) is 5.33. The van der Waals surface area contributed by atoms with Crippen molar-refractivity contribution < 1.29 is 31.4 Å². The average molecular weight is 335 g/mol. The molecule has 0 atom stereocenters. The van der Waals surface area contributed by atoms with E-state index in [-0.39, 0.29) is 5.33 Å². The Bertz CT molecular complexity index is 385. The molecule has 0 unspecified atom stereocenters. The second kappa shape index (κ2) is 6.33. The lowest BCUT2D eigenvalue weighted by atomic mass is 10.2. The van der Waals surface area contributed by atoms with Crippen molar-refractivity contribution in [1.29, 1.82) is 0 Å². The zero-order valence-corrected chi connectivity index (χ0v) is 10.4. The molecule has 8 heteroatoms. The third-order valence-corrected chi connectivity index (χ3v) is 2.46. The van der Waals surface area contributed by atoms with Gasteiger partial charge >= 0.3 is 6.36 Å². The van der Waals surface area contributed by atoms with Gasteiger partial charge in [-0.25, -0.2) is 8.78 Å². The normalized spacial score (nSPS) is 11.7. The molecule has 18 heavy (non-hydrogen) atoms. The minimum absolute atomic E-state index is 0.248. The first-order chi connectivity index (χ1) is 8.33. The highest BCUT2D eigenvalue weighted by Crippen LogP contribution is 2.24. The van der Waals surface area contributed by atoms with Crippen LogP contribution in [0.2, 0.25) is 0 Å². The van der Waals surface area contributed by atoms with E-state index in [0.29, 0.717) is 5.56 Å². The molecule has 102 valence electrons. The summed E-state index contributed by atoms with van der Waals surface area (Å²) in [5, 5.41) is 0.248. The molecule has 0 N–H and O–H groups in total. The summed E-state index contributed by atoms with van der Waals surface area (Å²) in [6.07, 6.45) is -4.79. The summed E-state index contributed by atoms with van der Waals surface area (Å²) < 4.78 is 69.4. The van der Waals surface area contributed by atoms with Crippen LogP contribution in [-0.4, -0.2) is 19.6 Å². The number of rotatable bonds is 5. The van der Waals surface area contributed by atoms with E-state index < -0.39 is 37.0 Å². The van der Waals surface area contributed by atoms with Crippen molar-refractivity contribution in [3.05, 3.63) is 29.3 Å². The van der Waals surface area contributed by atoms with Gasteiger partial charge in [0.25, 0.3) is 0 Å². The van der Waals surface area contributed by atoms with Gasteiger partial charge in [0, 0.05) is 5.33 Å². The Morgan fingerprint density at radius 2 is 1.61 bits per heavy atom. The first-order valence-corrected chi connectivity index (χ1v) is 5.83. The molecular weight excluding hydrogens is 327 g/mol. The maximum absolute atomic E-state index is 13.3. The van der Waals surface area contributed by atoms with Gasteiger partial charge in [-0.15, -0.1) is 13.2 Å². The summed E-state index contributed by atoms with van der Waals surface area (Å²) >= 11 is 3.02. The second-order valence-corrected chi connectivity index (χ2v) is 3.73. The zero-order chi connectivity index (χ0) is 13.8. The fourth-order valence-electron chi connectivity index (χ4n) is 1.13. The van der Waals surface area contributed by atoms with Crippen LogP contribution in [0.15, 0.2) is 12.1 Å². The maximum atomic E-state index is 13.3. The van der Waals surface area contributed by atoms with Crippen molar-refractivity contribution in [2.75, 3.05) is 13.2 Å². The van der Waals surface area contributed by atoms with E-state index >= 15 is 0 Å². The van der Waals surface area contributed by atoms with Crippen LogP contribution >= 0.6 is 15.9 Å². The molecule has 0 aliphatic rings. The summed E-state index contributed by atoms with van der Waals surface area (Å²) in [4.78, 5) is 0. The van der Waals surface area contributed by atoms with Gasteiger partial charge in [-0.1, -0.05) is 15.9 Å². The lowest BCUT2D eigenvalue weighted by Crippen LogP contribution is -2.18. The molecule has 0 aliphatic heterocycles. The van der Waals surface area contributed by atoms with E-state index in [2.05, 4.69) is 25.4 Å². The molecule has 1 rings (SSSR count). The quantitative estimate of drug-likeness (QED) is 0.463. The Labute approximate surface area is 108 Å². The standard InChI is InChI=1S/C10H8BrF5O2/c11-5-6-3-7(12)9(8(13)4-6)17-1-2-18-10(14,15)16/h3-4H,1-2,5H2. The van der Waals surface area contributed by atoms with Crippen LogP contribution in [0.3, 0.4) is 0 Å². The van der Waals surface area contributed by atoms with Gasteiger partial charge in [0.2, 0.25) is 0 Å². The van der Waals surface area contributed by atoms with Crippen molar-refractivity contribution in [2.24, 2.45) is 0 Å². The van der Waals surface area contributed by atoms with Gasteiger partial charge in [0.1, 0.15) is 6.61 Å². The molecule has 0 bridgehead atoms. The lowest BCUT2D eigenvalue weighted by molar-refractivity contribution is -0.325. The fourth-order valence-corrected chi connectivity index (χ4v) is 1.45. The average Bonchev–Trinajstić information content (AvgIpc) is 2.25. The highest BCUT2D eigenvalue weighted by molar-refractivity contribution is 9.08. The molecule has 2 nitrogen and oxygen atoms in total. The van der Waals surface area contributed by atoms with Crippen molar-refractivity contribution in [3.63, 3.8) is 0 Å². The second-order valence-electron chi connectivity index (χ2n) is 3.16. The third kappa shape index (κ3) is 4.77. The van der Waals surface area contributed by atoms with Gasteiger partial charge in [-0.2, -0.15) is 0 Å². The van der Waals surface area contributed by atoms with E-state index in [9.17, 15) is 22.0 Å². The number of halogens is 6. The van der Waals surface area contributed by atoms with Gasteiger partial charge in [0.05, 0.1) is 6.61 Å². The molecule has 0 spiro atoms. The summed E-state index contributed by atoms with van der Waals surface area (Å²) in [5.74, 6) is -2.67. The number of hydrogen-bond donors (Lipinski definition) is 0. The predicted octanol–water partition coefficient (Wildman–Crippen LogP) is 3.77. The first kappa shape index (κ1) is 15.2. The highest BCUT2D eigenvalue weighted by atomic mass is 79.9. The van der Waals surface area contributed by atoms with Crippen molar-refractivity contribution >= 4 is 15.9 Å².